The Hall–Kier alpha value is -0.900. The molecule has 1 aromatic rings. The van der Waals surface area contributed by atoms with Gasteiger partial charge in [-0.15, -0.1) is 36.2 Å². The number of thiophene rings is 1. The van der Waals surface area contributed by atoms with Crippen LogP contribution in [0.2, 0.25) is 0 Å². The van der Waals surface area contributed by atoms with E-state index < -0.39 is 11.9 Å². The van der Waals surface area contributed by atoms with Crippen LogP contribution < -0.4 is 16.8 Å². The van der Waals surface area contributed by atoms with Gasteiger partial charge in [-0.2, -0.15) is 0 Å². The Balaban J connectivity index is 0.00000264. The molecule has 2 atom stereocenters. The highest BCUT2D eigenvalue weighted by Crippen LogP contribution is 2.25. The van der Waals surface area contributed by atoms with E-state index in [-0.39, 0.29) is 43.2 Å². The van der Waals surface area contributed by atoms with E-state index >= 15 is 0 Å². The molecule has 1 saturated heterocycles. The second-order valence-electron chi connectivity index (χ2n) is 5.20. The summed E-state index contributed by atoms with van der Waals surface area (Å²) in [5.74, 6) is -0.931. The molecule has 2 unspecified atom stereocenters. The zero-order valence-corrected chi connectivity index (χ0v) is 15.6. The van der Waals surface area contributed by atoms with Crippen molar-refractivity contribution in [2.45, 2.75) is 18.5 Å². The highest BCUT2D eigenvalue weighted by atomic mass is 35.5. The normalized spacial score (nSPS) is 17.0. The first kappa shape index (κ1) is 23.1. The number of amides is 2. The van der Waals surface area contributed by atoms with E-state index in [0.29, 0.717) is 19.8 Å². The molecule has 2 rings (SSSR count). The second kappa shape index (κ2) is 11.6. The quantitative estimate of drug-likeness (QED) is 0.610. The smallest absolute Gasteiger partial charge is 0.237 e. The summed E-state index contributed by atoms with van der Waals surface area (Å²) in [6.07, 6.45) is -0.146. The van der Waals surface area contributed by atoms with Gasteiger partial charge >= 0.3 is 0 Å². The van der Waals surface area contributed by atoms with Crippen LogP contribution >= 0.6 is 36.2 Å². The van der Waals surface area contributed by atoms with E-state index in [0.717, 1.165) is 13.1 Å². The van der Waals surface area contributed by atoms with Crippen molar-refractivity contribution in [2.75, 3.05) is 32.8 Å². The molecule has 24 heavy (non-hydrogen) atoms. The maximum Gasteiger partial charge on any atom is 0.237 e. The highest BCUT2D eigenvalue weighted by molar-refractivity contribution is 7.10. The number of rotatable bonds is 7. The lowest BCUT2D eigenvalue weighted by Gasteiger charge is -2.34. The lowest BCUT2D eigenvalue weighted by Crippen LogP contribution is -2.47. The molecule has 0 saturated carbocycles. The Kier molecular flexibility index (Phi) is 11.2. The molecule has 1 aliphatic rings. The van der Waals surface area contributed by atoms with Crippen LogP contribution in [0, 0.1) is 0 Å². The Morgan fingerprint density at radius 3 is 2.54 bits per heavy atom. The van der Waals surface area contributed by atoms with Gasteiger partial charge in [-0.05, 0) is 11.4 Å². The number of hydrogen-bond acceptors (Lipinski definition) is 6. The molecule has 0 spiro atoms. The topological polar surface area (TPSA) is 111 Å². The summed E-state index contributed by atoms with van der Waals surface area (Å²) in [4.78, 5) is 26.3. The Labute approximate surface area is 157 Å². The monoisotopic (exact) mass is 398 g/mol. The van der Waals surface area contributed by atoms with Crippen LogP contribution in [0.4, 0.5) is 0 Å². The number of halogens is 2. The van der Waals surface area contributed by atoms with Crippen molar-refractivity contribution in [3.05, 3.63) is 22.4 Å². The molecular formula is C14H24Cl2N4O3S. The Morgan fingerprint density at radius 2 is 2.00 bits per heavy atom. The number of nitrogens with zero attached hydrogens (tertiary/aromatic N) is 1. The molecule has 2 heterocycles. The second-order valence-corrected chi connectivity index (χ2v) is 6.18. The maximum absolute atomic E-state index is 12.0. The van der Waals surface area contributed by atoms with Crippen LogP contribution in [0.1, 0.15) is 17.3 Å². The molecule has 138 valence electrons. The molecule has 10 heteroatoms. The van der Waals surface area contributed by atoms with Crippen molar-refractivity contribution in [1.29, 1.82) is 0 Å². The predicted molar refractivity (Wildman–Crippen MR) is 98.7 cm³/mol. The standard InChI is InChI=1S/C14H22N4O3S.2ClH/c15-10(8-13(16)19)14(20)17-9-11(12-2-1-7-22-12)18-3-5-21-6-4-18;;/h1-2,7,10-11H,3-6,8-9,15H2,(H2,16,19)(H,17,20);2*1H. The van der Waals surface area contributed by atoms with E-state index in [1.165, 1.54) is 4.88 Å². The van der Waals surface area contributed by atoms with Gasteiger partial charge in [0.15, 0.2) is 0 Å². The SMILES string of the molecule is Cl.Cl.NC(=O)CC(N)C(=O)NCC(c1cccs1)N1CCOCC1. The summed E-state index contributed by atoms with van der Waals surface area (Å²) in [6.45, 7) is 3.48. The minimum Gasteiger partial charge on any atom is -0.379 e. The fourth-order valence-electron chi connectivity index (χ4n) is 2.42. The van der Waals surface area contributed by atoms with E-state index in [2.05, 4.69) is 16.3 Å². The van der Waals surface area contributed by atoms with Gasteiger partial charge in [0.1, 0.15) is 0 Å². The molecule has 7 nitrogen and oxygen atoms in total. The molecule has 2 amide bonds. The third kappa shape index (κ3) is 6.92. The van der Waals surface area contributed by atoms with Crippen molar-refractivity contribution >= 4 is 48.0 Å². The third-order valence-electron chi connectivity index (χ3n) is 3.59. The summed E-state index contributed by atoms with van der Waals surface area (Å²) in [7, 11) is 0. The molecular weight excluding hydrogens is 375 g/mol. The van der Waals surface area contributed by atoms with E-state index in [4.69, 9.17) is 16.2 Å². The summed E-state index contributed by atoms with van der Waals surface area (Å²) in [5.41, 5.74) is 10.7. The van der Waals surface area contributed by atoms with Crippen LogP contribution in [-0.2, 0) is 14.3 Å². The average Bonchev–Trinajstić information content (AvgIpc) is 3.02. The molecule has 1 fully saturated rings. The molecule has 1 aromatic heterocycles. The molecule has 0 aromatic carbocycles. The van der Waals surface area contributed by atoms with Gasteiger partial charge in [-0.3, -0.25) is 14.5 Å². The average molecular weight is 399 g/mol. The minimum atomic E-state index is -0.897. The van der Waals surface area contributed by atoms with Gasteiger partial charge in [0.05, 0.1) is 31.7 Å². The predicted octanol–water partition coefficient (Wildman–Crippen LogP) is 0.284. The number of morpholine rings is 1. The Morgan fingerprint density at radius 1 is 1.33 bits per heavy atom. The summed E-state index contributed by atoms with van der Waals surface area (Å²) >= 11 is 1.66. The number of nitrogens with two attached hydrogens (primary N) is 2. The number of carbonyl (C=O) groups is 2. The van der Waals surface area contributed by atoms with Crippen LogP contribution in [-0.4, -0.2) is 55.6 Å². The molecule has 0 aliphatic carbocycles. The third-order valence-corrected chi connectivity index (χ3v) is 4.56. The first-order valence-electron chi connectivity index (χ1n) is 7.24. The zero-order chi connectivity index (χ0) is 15.9. The van der Waals surface area contributed by atoms with Crippen LogP contribution in [0.25, 0.3) is 0 Å². The van der Waals surface area contributed by atoms with Crippen molar-refractivity contribution in [2.24, 2.45) is 11.5 Å². The van der Waals surface area contributed by atoms with Gasteiger partial charge in [0, 0.05) is 24.5 Å². The van der Waals surface area contributed by atoms with Crippen LogP contribution in [0.15, 0.2) is 17.5 Å². The lowest BCUT2D eigenvalue weighted by molar-refractivity contribution is -0.126. The van der Waals surface area contributed by atoms with E-state index in [1.807, 2.05) is 11.4 Å². The van der Waals surface area contributed by atoms with Gasteiger partial charge in [0.2, 0.25) is 11.8 Å². The minimum absolute atomic E-state index is 0. The largest absolute Gasteiger partial charge is 0.379 e. The fourth-order valence-corrected chi connectivity index (χ4v) is 3.28. The molecule has 1 aliphatic heterocycles. The van der Waals surface area contributed by atoms with Crippen molar-refractivity contribution in [1.82, 2.24) is 10.2 Å². The van der Waals surface area contributed by atoms with E-state index in [1.54, 1.807) is 11.3 Å². The van der Waals surface area contributed by atoms with Crippen LogP contribution in [0.5, 0.6) is 0 Å². The first-order chi connectivity index (χ1) is 10.6. The molecule has 5 N–H and O–H groups in total. The Bertz CT molecular complexity index is 498. The summed E-state index contributed by atoms with van der Waals surface area (Å²) in [5, 5.41) is 4.84. The number of primary amides is 1. The molecule has 0 bridgehead atoms. The first-order valence-corrected chi connectivity index (χ1v) is 8.12. The number of hydrogen-bond donors (Lipinski definition) is 3. The summed E-state index contributed by atoms with van der Waals surface area (Å²) < 4.78 is 5.38. The van der Waals surface area contributed by atoms with Gasteiger partial charge in [0.25, 0.3) is 0 Å². The van der Waals surface area contributed by atoms with Crippen molar-refractivity contribution in [3.63, 3.8) is 0 Å². The fraction of sp³-hybridized carbons (Fsp3) is 0.571. The zero-order valence-electron chi connectivity index (χ0n) is 13.2. The van der Waals surface area contributed by atoms with Crippen molar-refractivity contribution in [3.8, 4) is 0 Å². The number of nitrogens with one attached hydrogen (secondary N) is 1. The van der Waals surface area contributed by atoms with Gasteiger partial charge < -0.3 is 21.5 Å². The molecule has 0 radical (unpaired) electrons. The van der Waals surface area contributed by atoms with Crippen molar-refractivity contribution < 1.29 is 14.3 Å². The van der Waals surface area contributed by atoms with E-state index in [9.17, 15) is 9.59 Å². The van der Waals surface area contributed by atoms with Crippen LogP contribution in [0.3, 0.4) is 0 Å². The number of carbonyl (C=O) groups excluding carboxylic acids is 2. The van der Waals surface area contributed by atoms with Gasteiger partial charge in [-0.25, -0.2) is 0 Å². The summed E-state index contributed by atoms with van der Waals surface area (Å²) in [6, 6.07) is 3.24. The lowest BCUT2D eigenvalue weighted by atomic mass is 10.1. The van der Waals surface area contributed by atoms with Gasteiger partial charge in [-0.1, -0.05) is 6.07 Å². The highest BCUT2D eigenvalue weighted by Gasteiger charge is 2.25. The number of ether oxygens (including phenoxy) is 1. The maximum atomic E-state index is 12.0.